The molecule has 0 amide bonds. The topological polar surface area (TPSA) is 18.5 Å². The van der Waals surface area contributed by atoms with E-state index in [0.717, 1.165) is 19.3 Å². The fraction of sp³-hybridized carbons (Fsp3) is 0.667. The molecule has 0 saturated heterocycles. The molecule has 0 bridgehead atoms. The SMILES string of the molecule is C=CCC/C=C/CC(OCC)OCC. The summed E-state index contributed by atoms with van der Waals surface area (Å²) < 4.78 is 10.8. The van der Waals surface area contributed by atoms with Crippen LogP contribution in [0.15, 0.2) is 24.8 Å². The minimum Gasteiger partial charge on any atom is -0.353 e. The predicted molar refractivity (Wildman–Crippen MR) is 60.2 cm³/mol. The van der Waals surface area contributed by atoms with Crippen LogP contribution in [0.4, 0.5) is 0 Å². The largest absolute Gasteiger partial charge is 0.353 e. The summed E-state index contributed by atoms with van der Waals surface area (Å²) in [5, 5.41) is 0. The van der Waals surface area contributed by atoms with Crippen molar-refractivity contribution >= 4 is 0 Å². The molecule has 0 aliphatic heterocycles. The first-order valence-electron chi connectivity index (χ1n) is 5.34. The fourth-order valence-corrected chi connectivity index (χ4v) is 1.10. The lowest BCUT2D eigenvalue weighted by Gasteiger charge is -2.14. The number of rotatable bonds is 9. The highest BCUT2D eigenvalue weighted by Gasteiger charge is 2.03. The van der Waals surface area contributed by atoms with Gasteiger partial charge in [0.15, 0.2) is 6.29 Å². The molecule has 0 spiro atoms. The van der Waals surface area contributed by atoms with Crippen LogP contribution in [-0.4, -0.2) is 19.5 Å². The molecular formula is C12H22O2. The third kappa shape index (κ3) is 8.02. The van der Waals surface area contributed by atoms with E-state index < -0.39 is 0 Å². The van der Waals surface area contributed by atoms with Crippen LogP contribution in [0.2, 0.25) is 0 Å². The van der Waals surface area contributed by atoms with Gasteiger partial charge < -0.3 is 9.47 Å². The third-order valence-corrected chi connectivity index (χ3v) is 1.74. The lowest BCUT2D eigenvalue weighted by atomic mass is 10.2. The van der Waals surface area contributed by atoms with Gasteiger partial charge in [0.1, 0.15) is 0 Å². The van der Waals surface area contributed by atoms with Crippen molar-refractivity contribution in [2.24, 2.45) is 0 Å². The van der Waals surface area contributed by atoms with Crippen molar-refractivity contribution in [1.29, 1.82) is 0 Å². The molecular weight excluding hydrogens is 176 g/mol. The van der Waals surface area contributed by atoms with Crippen LogP contribution in [0, 0.1) is 0 Å². The lowest BCUT2D eigenvalue weighted by molar-refractivity contribution is -0.133. The minimum atomic E-state index is -0.0787. The molecule has 14 heavy (non-hydrogen) atoms. The molecule has 0 N–H and O–H groups in total. The Kier molecular flexibility index (Phi) is 10.0. The molecule has 0 aromatic heterocycles. The maximum absolute atomic E-state index is 5.40. The molecule has 0 saturated carbocycles. The van der Waals surface area contributed by atoms with Gasteiger partial charge in [0.05, 0.1) is 0 Å². The lowest BCUT2D eigenvalue weighted by Crippen LogP contribution is -2.16. The number of allylic oxidation sites excluding steroid dienone is 2. The van der Waals surface area contributed by atoms with E-state index in [1.54, 1.807) is 0 Å². The van der Waals surface area contributed by atoms with Crippen molar-refractivity contribution in [1.82, 2.24) is 0 Å². The van der Waals surface area contributed by atoms with E-state index in [0.29, 0.717) is 13.2 Å². The van der Waals surface area contributed by atoms with Crippen LogP contribution < -0.4 is 0 Å². The zero-order valence-corrected chi connectivity index (χ0v) is 9.37. The average molecular weight is 198 g/mol. The highest BCUT2D eigenvalue weighted by molar-refractivity contribution is 4.85. The third-order valence-electron chi connectivity index (χ3n) is 1.74. The molecule has 0 aromatic rings. The van der Waals surface area contributed by atoms with Gasteiger partial charge in [0.25, 0.3) is 0 Å². The van der Waals surface area contributed by atoms with E-state index in [-0.39, 0.29) is 6.29 Å². The van der Waals surface area contributed by atoms with E-state index in [9.17, 15) is 0 Å². The van der Waals surface area contributed by atoms with Gasteiger partial charge in [-0.3, -0.25) is 0 Å². The van der Waals surface area contributed by atoms with Crippen molar-refractivity contribution in [3.63, 3.8) is 0 Å². The molecule has 2 nitrogen and oxygen atoms in total. The fourth-order valence-electron chi connectivity index (χ4n) is 1.10. The second-order valence-corrected chi connectivity index (χ2v) is 2.91. The summed E-state index contributed by atoms with van der Waals surface area (Å²) in [6, 6.07) is 0. The Morgan fingerprint density at radius 1 is 1.07 bits per heavy atom. The van der Waals surface area contributed by atoms with Gasteiger partial charge in [-0.05, 0) is 26.7 Å². The molecule has 0 heterocycles. The summed E-state index contributed by atoms with van der Waals surface area (Å²) in [6.45, 7) is 9.03. The average Bonchev–Trinajstić information content (AvgIpc) is 2.18. The molecule has 0 aliphatic rings. The Labute approximate surface area is 87.6 Å². The Morgan fingerprint density at radius 2 is 1.71 bits per heavy atom. The zero-order chi connectivity index (χ0) is 10.6. The summed E-state index contributed by atoms with van der Waals surface area (Å²) in [4.78, 5) is 0. The number of hydrogen-bond acceptors (Lipinski definition) is 2. The molecule has 0 rings (SSSR count). The Balaban J connectivity index is 3.57. The molecule has 0 fully saturated rings. The second kappa shape index (κ2) is 10.5. The van der Waals surface area contributed by atoms with Crippen LogP contribution in [0.1, 0.15) is 33.1 Å². The van der Waals surface area contributed by atoms with E-state index in [2.05, 4.69) is 18.7 Å². The van der Waals surface area contributed by atoms with E-state index in [1.165, 1.54) is 0 Å². The number of unbranched alkanes of at least 4 members (excludes halogenated alkanes) is 1. The maximum Gasteiger partial charge on any atom is 0.160 e. The first-order chi connectivity index (χ1) is 6.85. The quantitative estimate of drug-likeness (QED) is 0.321. The molecule has 0 radical (unpaired) electrons. The second-order valence-electron chi connectivity index (χ2n) is 2.91. The van der Waals surface area contributed by atoms with Gasteiger partial charge in [-0.25, -0.2) is 0 Å². The van der Waals surface area contributed by atoms with Crippen molar-refractivity contribution < 1.29 is 9.47 Å². The van der Waals surface area contributed by atoms with Gasteiger partial charge >= 0.3 is 0 Å². The van der Waals surface area contributed by atoms with Crippen molar-refractivity contribution in [2.75, 3.05) is 13.2 Å². The predicted octanol–water partition coefficient (Wildman–Crippen LogP) is 3.30. The number of ether oxygens (including phenoxy) is 2. The molecule has 0 unspecified atom stereocenters. The molecule has 0 atom stereocenters. The zero-order valence-electron chi connectivity index (χ0n) is 9.37. The Bertz CT molecular complexity index is 146. The van der Waals surface area contributed by atoms with E-state index in [1.807, 2.05) is 19.9 Å². The summed E-state index contributed by atoms with van der Waals surface area (Å²) >= 11 is 0. The number of hydrogen-bond donors (Lipinski definition) is 0. The van der Waals surface area contributed by atoms with Crippen molar-refractivity contribution in [3.8, 4) is 0 Å². The van der Waals surface area contributed by atoms with Crippen molar-refractivity contribution in [2.45, 2.75) is 39.4 Å². The monoisotopic (exact) mass is 198 g/mol. The maximum atomic E-state index is 5.40. The summed E-state index contributed by atoms with van der Waals surface area (Å²) in [7, 11) is 0. The van der Waals surface area contributed by atoms with Crippen molar-refractivity contribution in [3.05, 3.63) is 24.8 Å². The Hall–Kier alpha value is -0.600. The molecule has 0 aromatic carbocycles. The van der Waals surface area contributed by atoms with Gasteiger partial charge in [-0.2, -0.15) is 0 Å². The highest BCUT2D eigenvalue weighted by atomic mass is 16.7. The smallest absolute Gasteiger partial charge is 0.160 e. The summed E-state index contributed by atoms with van der Waals surface area (Å²) in [6.07, 6.45) is 9.02. The van der Waals surface area contributed by atoms with Crippen LogP contribution in [0.25, 0.3) is 0 Å². The minimum absolute atomic E-state index is 0.0787. The van der Waals surface area contributed by atoms with Crippen LogP contribution in [0.5, 0.6) is 0 Å². The van der Waals surface area contributed by atoms with Crippen LogP contribution in [-0.2, 0) is 9.47 Å². The van der Waals surface area contributed by atoms with Gasteiger partial charge in [0.2, 0.25) is 0 Å². The standard InChI is InChI=1S/C12H22O2/c1-4-7-8-9-10-11-12(13-5-2)14-6-3/h4,9-10,12H,1,5-8,11H2,2-3H3/b10-9+. The van der Waals surface area contributed by atoms with Gasteiger partial charge in [-0.15, -0.1) is 6.58 Å². The summed E-state index contributed by atoms with van der Waals surface area (Å²) in [5.74, 6) is 0. The van der Waals surface area contributed by atoms with Crippen LogP contribution in [0.3, 0.4) is 0 Å². The van der Waals surface area contributed by atoms with E-state index in [4.69, 9.17) is 9.47 Å². The highest BCUT2D eigenvalue weighted by Crippen LogP contribution is 2.03. The molecule has 82 valence electrons. The first kappa shape index (κ1) is 13.4. The van der Waals surface area contributed by atoms with Gasteiger partial charge in [0, 0.05) is 19.6 Å². The Morgan fingerprint density at radius 3 is 2.21 bits per heavy atom. The molecule has 2 heteroatoms. The van der Waals surface area contributed by atoms with Crippen LogP contribution >= 0.6 is 0 Å². The van der Waals surface area contributed by atoms with E-state index >= 15 is 0 Å². The first-order valence-corrected chi connectivity index (χ1v) is 5.34. The van der Waals surface area contributed by atoms with Gasteiger partial charge in [-0.1, -0.05) is 18.2 Å². The normalized spacial score (nSPS) is 11.4. The molecule has 0 aliphatic carbocycles. The summed E-state index contributed by atoms with van der Waals surface area (Å²) in [5.41, 5.74) is 0.